The summed E-state index contributed by atoms with van der Waals surface area (Å²) in [6.45, 7) is 1.86. The van der Waals surface area contributed by atoms with Crippen molar-refractivity contribution in [3.63, 3.8) is 0 Å². The number of aryl methyl sites for hydroxylation is 1. The Balaban J connectivity index is 2.40. The maximum Gasteiger partial charge on any atom is 0.151 e. The van der Waals surface area contributed by atoms with Crippen LogP contribution in [0.4, 0.5) is 15.9 Å². The van der Waals surface area contributed by atoms with Gasteiger partial charge in [-0.05, 0) is 30.7 Å². The van der Waals surface area contributed by atoms with E-state index in [1.54, 1.807) is 12.1 Å². The Bertz CT molecular complexity index is 602. The molecule has 1 heterocycles. The molecule has 0 atom stereocenters. The van der Waals surface area contributed by atoms with Gasteiger partial charge < -0.3 is 5.32 Å². The van der Waals surface area contributed by atoms with Crippen LogP contribution in [0.5, 0.6) is 0 Å². The maximum absolute atomic E-state index is 13.6. The number of halogens is 4. The summed E-state index contributed by atoms with van der Waals surface area (Å²) >= 11 is 17.5. The first-order chi connectivity index (χ1) is 8.47. The quantitative estimate of drug-likeness (QED) is 0.768. The fraction of sp³-hybridized carbons (Fsp3) is 0.0833. The smallest absolute Gasteiger partial charge is 0.151 e. The predicted molar refractivity (Wildman–Crippen MR) is 73.7 cm³/mol. The first kappa shape index (κ1) is 13.4. The molecule has 0 amide bonds. The van der Waals surface area contributed by atoms with Crippen LogP contribution in [-0.4, -0.2) is 4.98 Å². The molecule has 0 aliphatic rings. The average Bonchev–Trinajstić information content (AvgIpc) is 2.30. The molecule has 2 nitrogen and oxygen atoms in total. The normalized spacial score (nSPS) is 10.5. The summed E-state index contributed by atoms with van der Waals surface area (Å²) in [7, 11) is 0. The molecule has 1 aromatic carbocycles. The first-order valence-corrected chi connectivity index (χ1v) is 6.15. The fourth-order valence-electron chi connectivity index (χ4n) is 1.39. The highest BCUT2D eigenvalue weighted by atomic mass is 35.5. The van der Waals surface area contributed by atoms with Crippen LogP contribution in [0, 0.1) is 12.7 Å². The van der Waals surface area contributed by atoms with E-state index in [0.717, 1.165) is 5.56 Å². The lowest BCUT2D eigenvalue weighted by Crippen LogP contribution is -1.98. The molecular formula is C12H8Cl3FN2. The molecule has 0 aliphatic heterocycles. The van der Waals surface area contributed by atoms with Crippen molar-refractivity contribution >= 4 is 46.3 Å². The lowest BCUT2D eigenvalue weighted by atomic mass is 10.2. The van der Waals surface area contributed by atoms with Gasteiger partial charge in [0.05, 0.1) is 15.7 Å². The molecule has 0 aliphatic carbocycles. The van der Waals surface area contributed by atoms with E-state index in [-0.39, 0.29) is 26.7 Å². The third-order valence-corrected chi connectivity index (χ3v) is 3.22. The van der Waals surface area contributed by atoms with Crippen molar-refractivity contribution < 1.29 is 4.39 Å². The van der Waals surface area contributed by atoms with E-state index in [1.807, 2.05) is 6.92 Å². The van der Waals surface area contributed by atoms with Gasteiger partial charge in [0.2, 0.25) is 0 Å². The molecular weight excluding hydrogens is 298 g/mol. The Morgan fingerprint density at radius 3 is 2.56 bits per heavy atom. The van der Waals surface area contributed by atoms with Crippen LogP contribution in [0.15, 0.2) is 24.3 Å². The third-order valence-electron chi connectivity index (χ3n) is 2.26. The Labute approximate surface area is 119 Å². The predicted octanol–water partition coefficient (Wildman–Crippen LogP) is 5.23. The highest BCUT2D eigenvalue weighted by Gasteiger charge is 2.10. The molecule has 2 aromatic rings. The monoisotopic (exact) mass is 304 g/mol. The van der Waals surface area contributed by atoms with Crippen LogP contribution in [0.3, 0.4) is 0 Å². The van der Waals surface area contributed by atoms with E-state index in [2.05, 4.69) is 10.3 Å². The Morgan fingerprint density at radius 2 is 1.83 bits per heavy atom. The molecule has 0 radical (unpaired) electrons. The molecule has 0 fully saturated rings. The first-order valence-electron chi connectivity index (χ1n) is 5.02. The van der Waals surface area contributed by atoms with Crippen LogP contribution < -0.4 is 5.32 Å². The molecule has 2 rings (SSSR count). The summed E-state index contributed by atoms with van der Waals surface area (Å²) in [5.74, 6) is -0.139. The van der Waals surface area contributed by atoms with Crippen molar-refractivity contribution in [2.75, 3.05) is 5.32 Å². The van der Waals surface area contributed by atoms with Gasteiger partial charge in [0, 0.05) is 0 Å². The molecule has 0 spiro atoms. The molecule has 0 saturated carbocycles. The zero-order valence-corrected chi connectivity index (χ0v) is 11.5. The lowest BCUT2D eigenvalue weighted by Gasteiger charge is -2.10. The maximum atomic E-state index is 13.6. The number of aromatic nitrogens is 1. The number of nitrogens with zero attached hydrogens (tertiary/aromatic N) is 1. The van der Waals surface area contributed by atoms with E-state index >= 15 is 0 Å². The number of benzene rings is 1. The Hall–Kier alpha value is -1.03. The topological polar surface area (TPSA) is 24.9 Å². The number of pyridine rings is 1. The summed E-state index contributed by atoms with van der Waals surface area (Å²) in [6.07, 6.45) is 0. The van der Waals surface area contributed by atoms with Gasteiger partial charge in [0.15, 0.2) is 5.82 Å². The van der Waals surface area contributed by atoms with E-state index in [1.165, 1.54) is 12.1 Å². The molecule has 1 N–H and O–H groups in total. The van der Waals surface area contributed by atoms with Crippen LogP contribution in [-0.2, 0) is 0 Å². The lowest BCUT2D eigenvalue weighted by molar-refractivity contribution is 0.631. The largest absolute Gasteiger partial charge is 0.337 e. The van der Waals surface area contributed by atoms with Crippen molar-refractivity contribution in [1.82, 2.24) is 4.98 Å². The third kappa shape index (κ3) is 2.86. The molecule has 1 aromatic heterocycles. The van der Waals surface area contributed by atoms with Crippen molar-refractivity contribution in [2.24, 2.45) is 0 Å². The summed E-state index contributed by atoms with van der Waals surface area (Å²) in [5.41, 5.74) is 1.19. The van der Waals surface area contributed by atoms with Gasteiger partial charge in [-0.25, -0.2) is 9.37 Å². The fourth-order valence-corrected chi connectivity index (χ4v) is 1.94. The number of hydrogen-bond acceptors (Lipinski definition) is 2. The van der Waals surface area contributed by atoms with Crippen LogP contribution in [0.1, 0.15) is 5.56 Å². The Morgan fingerprint density at radius 1 is 1.11 bits per heavy atom. The van der Waals surface area contributed by atoms with Gasteiger partial charge in [0.1, 0.15) is 11.0 Å². The molecule has 0 unspecified atom stereocenters. The van der Waals surface area contributed by atoms with Crippen molar-refractivity contribution in [3.8, 4) is 0 Å². The summed E-state index contributed by atoms with van der Waals surface area (Å²) < 4.78 is 13.6. The highest BCUT2D eigenvalue weighted by Crippen LogP contribution is 2.31. The number of nitrogens with one attached hydrogen (secondary N) is 1. The number of anilines is 2. The van der Waals surface area contributed by atoms with Crippen LogP contribution in [0.2, 0.25) is 15.2 Å². The molecule has 18 heavy (non-hydrogen) atoms. The van der Waals surface area contributed by atoms with E-state index in [9.17, 15) is 4.39 Å². The molecule has 6 heteroatoms. The standard InChI is InChI=1S/C12H8Cl3FN2/c1-6-2-3-9(16)10(4-6)17-12-8(14)5-7(13)11(15)18-12/h2-5H,1H3,(H,17,18). The second-order valence-corrected chi connectivity index (χ2v) is 4.87. The van der Waals surface area contributed by atoms with E-state index in [4.69, 9.17) is 34.8 Å². The minimum atomic E-state index is -0.399. The minimum Gasteiger partial charge on any atom is -0.337 e. The van der Waals surface area contributed by atoms with Gasteiger partial charge in [-0.1, -0.05) is 40.9 Å². The van der Waals surface area contributed by atoms with E-state index < -0.39 is 5.82 Å². The van der Waals surface area contributed by atoms with Crippen LogP contribution >= 0.6 is 34.8 Å². The number of rotatable bonds is 2. The van der Waals surface area contributed by atoms with Crippen molar-refractivity contribution in [1.29, 1.82) is 0 Å². The average molecular weight is 306 g/mol. The van der Waals surface area contributed by atoms with Crippen LogP contribution in [0.25, 0.3) is 0 Å². The van der Waals surface area contributed by atoms with Gasteiger partial charge >= 0.3 is 0 Å². The minimum absolute atomic E-state index is 0.108. The second-order valence-electron chi connectivity index (χ2n) is 3.70. The highest BCUT2D eigenvalue weighted by molar-refractivity contribution is 6.43. The van der Waals surface area contributed by atoms with Gasteiger partial charge in [-0.2, -0.15) is 0 Å². The molecule has 94 valence electrons. The summed E-state index contributed by atoms with van der Waals surface area (Å²) in [5, 5.41) is 3.41. The van der Waals surface area contributed by atoms with Gasteiger partial charge in [0.25, 0.3) is 0 Å². The molecule has 0 saturated heterocycles. The van der Waals surface area contributed by atoms with E-state index in [0.29, 0.717) is 0 Å². The van der Waals surface area contributed by atoms with Crippen molar-refractivity contribution in [3.05, 3.63) is 50.8 Å². The summed E-state index contributed by atoms with van der Waals surface area (Å²) in [6, 6.07) is 6.14. The number of hydrogen-bond donors (Lipinski definition) is 1. The van der Waals surface area contributed by atoms with Gasteiger partial charge in [-0.15, -0.1) is 0 Å². The summed E-state index contributed by atoms with van der Waals surface area (Å²) in [4.78, 5) is 3.96. The second kappa shape index (κ2) is 5.31. The Kier molecular flexibility index (Phi) is 3.95. The van der Waals surface area contributed by atoms with Crippen molar-refractivity contribution in [2.45, 2.75) is 6.92 Å². The molecule has 0 bridgehead atoms. The SMILES string of the molecule is Cc1ccc(F)c(Nc2nc(Cl)c(Cl)cc2Cl)c1. The van der Waals surface area contributed by atoms with Gasteiger partial charge in [-0.3, -0.25) is 0 Å². The zero-order chi connectivity index (χ0) is 13.3. The zero-order valence-electron chi connectivity index (χ0n) is 9.27.